The topological polar surface area (TPSA) is 118 Å². The number of nitrogens with one attached hydrogen (secondary N) is 3. The first-order chi connectivity index (χ1) is 12.2. The number of nitrogens with zero attached hydrogens (tertiary/aromatic N) is 4. The maximum absolute atomic E-state index is 11.6. The Labute approximate surface area is 143 Å². The maximum atomic E-state index is 11.6. The van der Waals surface area contributed by atoms with Crippen molar-refractivity contribution >= 4 is 23.4 Å². The van der Waals surface area contributed by atoms with Gasteiger partial charge in [0.05, 0.1) is 6.20 Å². The molecular weight excluding hydrogens is 322 g/mol. The Morgan fingerprint density at radius 1 is 1.04 bits per heavy atom. The lowest BCUT2D eigenvalue weighted by atomic mass is 10.3. The number of anilines is 3. The molecule has 0 radical (unpaired) electrons. The number of pyridine rings is 1. The Morgan fingerprint density at radius 3 is 2.60 bits per heavy atom. The summed E-state index contributed by atoms with van der Waals surface area (Å²) in [4.78, 5) is 15.9. The summed E-state index contributed by atoms with van der Waals surface area (Å²) in [5, 5.41) is 20.5. The Morgan fingerprint density at radius 2 is 1.88 bits per heavy atom. The molecule has 3 heterocycles. The van der Waals surface area contributed by atoms with E-state index in [0.29, 0.717) is 30.5 Å². The molecule has 0 spiro atoms. The van der Waals surface area contributed by atoms with Gasteiger partial charge in [0.2, 0.25) is 5.76 Å². The van der Waals surface area contributed by atoms with E-state index in [9.17, 15) is 4.79 Å². The van der Waals surface area contributed by atoms with Crippen molar-refractivity contribution in [1.29, 1.82) is 0 Å². The van der Waals surface area contributed by atoms with Gasteiger partial charge >= 0.3 is 0 Å². The molecule has 0 fully saturated rings. The highest BCUT2D eigenvalue weighted by molar-refractivity contribution is 5.91. The van der Waals surface area contributed by atoms with E-state index in [-0.39, 0.29) is 11.7 Å². The number of aryl methyl sites for hydroxylation is 1. The molecule has 3 rings (SSSR count). The van der Waals surface area contributed by atoms with Crippen molar-refractivity contribution in [2.24, 2.45) is 0 Å². The van der Waals surface area contributed by atoms with Crippen LogP contribution in [0, 0.1) is 6.92 Å². The first-order valence-electron chi connectivity index (χ1n) is 7.67. The summed E-state index contributed by atoms with van der Waals surface area (Å²) in [7, 11) is 0. The summed E-state index contributed by atoms with van der Waals surface area (Å²) in [5.41, 5.74) is 1.11. The van der Waals surface area contributed by atoms with Gasteiger partial charge in [-0.2, -0.15) is 0 Å². The van der Waals surface area contributed by atoms with E-state index < -0.39 is 0 Å². The molecule has 0 aliphatic carbocycles. The Balaban J connectivity index is 1.44. The molecular formula is C16H17N7O2. The Bertz CT molecular complexity index is 819. The average molecular weight is 339 g/mol. The normalized spacial score (nSPS) is 10.3. The second kappa shape index (κ2) is 7.86. The van der Waals surface area contributed by atoms with E-state index in [1.807, 2.05) is 19.1 Å². The maximum Gasteiger partial charge on any atom is 0.289 e. The number of carbonyl (C=O) groups excluding carboxylic acids is 1. The van der Waals surface area contributed by atoms with Crippen LogP contribution in [0.2, 0.25) is 0 Å². The van der Waals surface area contributed by atoms with E-state index in [1.165, 1.54) is 12.3 Å². The first kappa shape index (κ1) is 16.4. The number of rotatable bonds is 7. The third-order valence-corrected chi connectivity index (χ3v) is 3.21. The Hall–Kier alpha value is -3.49. The predicted molar refractivity (Wildman–Crippen MR) is 91.6 cm³/mol. The molecule has 0 unspecified atom stereocenters. The number of hydrogen-bond donors (Lipinski definition) is 3. The Kier molecular flexibility index (Phi) is 5.15. The molecule has 0 saturated carbocycles. The molecule has 9 nitrogen and oxygen atoms in total. The largest absolute Gasteiger partial charge is 0.367 e. The molecule has 3 N–H and O–H groups in total. The van der Waals surface area contributed by atoms with Crippen LogP contribution in [-0.4, -0.2) is 39.3 Å². The summed E-state index contributed by atoms with van der Waals surface area (Å²) in [6.45, 7) is 2.90. The van der Waals surface area contributed by atoms with Gasteiger partial charge in [-0.15, -0.1) is 10.2 Å². The molecule has 128 valence electrons. The lowest BCUT2D eigenvalue weighted by Gasteiger charge is -2.07. The third-order valence-electron chi connectivity index (χ3n) is 3.21. The minimum atomic E-state index is -0.310. The lowest BCUT2D eigenvalue weighted by molar-refractivity contribution is 0.0918. The lowest BCUT2D eigenvalue weighted by Crippen LogP contribution is -2.28. The average Bonchev–Trinajstić information content (AvgIpc) is 3.15. The summed E-state index contributed by atoms with van der Waals surface area (Å²) < 4.78 is 4.76. The zero-order valence-corrected chi connectivity index (χ0v) is 13.6. The number of amides is 1. The van der Waals surface area contributed by atoms with Crippen LogP contribution in [0.25, 0.3) is 0 Å². The van der Waals surface area contributed by atoms with E-state index in [4.69, 9.17) is 4.52 Å². The quantitative estimate of drug-likeness (QED) is 0.557. The van der Waals surface area contributed by atoms with Crippen molar-refractivity contribution in [3.8, 4) is 0 Å². The molecule has 0 aliphatic rings. The summed E-state index contributed by atoms with van der Waals surface area (Å²) >= 11 is 0. The molecule has 0 saturated heterocycles. The highest BCUT2D eigenvalue weighted by Crippen LogP contribution is 2.13. The third kappa shape index (κ3) is 4.74. The minimum absolute atomic E-state index is 0.181. The van der Waals surface area contributed by atoms with Gasteiger partial charge in [-0.3, -0.25) is 4.79 Å². The van der Waals surface area contributed by atoms with Crippen LogP contribution in [0.5, 0.6) is 0 Å². The van der Waals surface area contributed by atoms with Crippen LogP contribution in [0.1, 0.15) is 16.1 Å². The molecule has 25 heavy (non-hydrogen) atoms. The van der Waals surface area contributed by atoms with Gasteiger partial charge in [-0.1, -0.05) is 5.16 Å². The highest BCUT2D eigenvalue weighted by atomic mass is 16.5. The van der Waals surface area contributed by atoms with Gasteiger partial charge in [0.15, 0.2) is 5.82 Å². The van der Waals surface area contributed by atoms with Gasteiger partial charge in [0.1, 0.15) is 11.6 Å². The first-order valence-corrected chi connectivity index (χ1v) is 7.67. The number of hydrogen-bond acceptors (Lipinski definition) is 8. The van der Waals surface area contributed by atoms with Crippen molar-refractivity contribution < 1.29 is 9.32 Å². The highest BCUT2D eigenvalue weighted by Gasteiger charge is 2.08. The van der Waals surface area contributed by atoms with Gasteiger partial charge in [0.25, 0.3) is 5.91 Å². The fraction of sp³-hybridized carbons (Fsp3) is 0.188. The van der Waals surface area contributed by atoms with Crippen LogP contribution in [0.3, 0.4) is 0 Å². The predicted octanol–water partition coefficient (Wildman–Crippen LogP) is 1.75. The molecule has 0 bridgehead atoms. The van der Waals surface area contributed by atoms with Crippen molar-refractivity contribution in [3.63, 3.8) is 0 Å². The molecule has 3 aromatic heterocycles. The van der Waals surface area contributed by atoms with Crippen molar-refractivity contribution in [2.75, 3.05) is 23.7 Å². The van der Waals surface area contributed by atoms with Crippen LogP contribution in [0.4, 0.5) is 17.5 Å². The van der Waals surface area contributed by atoms with Crippen molar-refractivity contribution in [2.45, 2.75) is 6.92 Å². The number of carbonyl (C=O) groups is 1. The molecule has 0 aliphatic heterocycles. The second-order valence-electron chi connectivity index (χ2n) is 5.21. The van der Waals surface area contributed by atoms with E-state index >= 15 is 0 Å². The zero-order valence-electron chi connectivity index (χ0n) is 13.6. The zero-order chi connectivity index (χ0) is 17.5. The van der Waals surface area contributed by atoms with Crippen LogP contribution < -0.4 is 16.0 Å². The smallest absolute Gasteiger partial charge is 0.289 e. The summed E-state index contributed by atoms with van der Waals surface area (Å²) in [6, 6.07) is 8.94. The van der Waals surface area contributed by atoms with Crippen molar-refractivity contribution in [1.82, 2.24) is 25.7 Å². The molecule has 3 aromatic rings. The second-order valence-corrected chi connectivity index (χ2v) is 5.21. The van der Waals surface area contributed by atoms with Gasteiger partial charge in [-0.05, 0) is 36.8 Å². The fourth-order valence-corrected chi connectivity index (χ4v) is 2.02. The van der Waals surface area contributed by atoms with Crippen LogP contribution in [0.15, 0.2) is 47.2 Å². The van der Waals surface area contributed by atoms with E-state index in [0.717, 1.165) is 5.56 Å². The van der Waals surface area contributed by atoms with Crippen LogP contribution in [-0.2, 0) is 0 Å². The van der Waals surface area contributed by atoms with Gasteiger partial charge in [0, 0.05) is 25.4 Å². The van der Waals surface area contributed by atoms with Gasteiger partial charge in [-0.25, -0.2) is 4.98 Å². The SMILES string of the molecule is Cc1ccnc(Nc2ccc(NCCNC(=O)c3ccno3)nn2)c1. The van der Waals surface area contributed by atoms with Crippen molar-refractivity contribution in [3.05, 3.63) is 54.0 Å². The van der Waals surface area contributed by atoms with E-state index in [2.05, 4.69) is 36.3 Å². The molecule has 0 atom stereocenters. The van der Waals surface area contributed by atoms with E-state index in [1.54, 1.807) is 18.3 Å². The standard InChI is InChI=1S/C16H17N7O2/c1-11-4-6-17-15(10-11)21-14-3-2-13(22-23-14)18-8-9-19-16(24)12-5-7-20-25-12/h2-7,10H,8-9H2,1H3,(H,18,22)(H,19,24)(H,17,21,23). The van der Waals surface area contributed by atoms with Gasteiger partial charge < -0.3 is 20.5 Å². The molecule has 1 amide bonds. The summed E-state index contributed by atoms with van der Waals surface area (Å²) in [5.74, 6) is 1.79. The number of aromatic nitrogens is 4. The fourth-order valence-electron chi connectivity index (χ4n) is 2.02. The van der Waals surface area contributed by atoms with Crippen LogP contribution >= 0.6 is 0 Å². The summed E-state index contributed by atoms with van der Waals surface area (Å²) in [6.07, 6.45) is 3.15. The monoisotopic (exact) mass is 339 g/mol. The molecule has 9 heteroatoms. The minimum Gasteiger partial charge on any atom is -0.367 e. The molecule has 0 aromatic carbocycles.